The zero-order valence-electron chi connectivity index (χ0n) is 13.7. The van der Waals surface area contributed by atoms with Gasteiger partial charge in [0.1, 0.15) is 0 Å². The summed E-state index contributed by atoms with van der Waals surface area (Å²) in [6.07, 6.45) is 3.40. The largest absolute Gasteiger partial charge is 0.330 e. The molecule has 4 nitrogen and oxygen atoms in total. The number of halogens is 2. The van der Waals surface area contributed by atoms with Crippen LogP contribution in [0.5, 0.6) is 0 Å². The van der Waals surface area contributed by atoms with Crippen molar-refractivity contribution in [1.82, 2.24) is 14.5 Å². The number of nitrogens with zero attached hydrogens (tertiary/aromatic N) is 2. The Labute approximate surface area is 155 Å². The Kier molecular flexibility index (Phi) is 4.20. The lowest BCUT2D eigenvalue weighted by molar-refractivity contribution is 0.295. The molecule has 4 rings (SSSR count). The molecule has 2 aromatic carbocycles. The molecular formula is C19H17Cl2N3O. The second-order valence-corrected chi connectivity index (χ2v) is 7.24. The molecule has 1 aromatic heterocycles. The Morgan fingerprint density at radius 3 is 2.72 bits per heavy atom. The third-order valence-electron chi connectivity index (χ3n) is 4.71. The van der Waals surface area contributed by atoms with Gasteiger partial charge < -0.3 is 9.88 Å². The number of likely N-dealkylation sites (N-methyl/N-ethyl adjacent to an activating group) is 1. The molecule has 128 valence electrons. The first-order chi connectivity index (χ1) is 12.0. The second-order valence-electron chi connectivity index (χ2n) is 6.40. The van der Waals surface area contributed by atoms with Crippen LogP contribution in [0.4, 0.5) is 0 Å². The third-order valence-corrected chi connectivity index (χ3v) is 5.27. The fourth-order valence-electron chi connectivity index (χ4n) is 3.62. The van der Waals surface area contributed by atoms with Gasteiger partial charge in [-0.15, -0.1) is 0 Å². The van der Waals surface area contributed by atoms with E-state index in [9.17, 15) is 4.79 Å². The summed E-state index contributed by atoms with van der Waals surface area (Å²) in [5.74, 6) is 0.0861. The molecule has 1 unspecified atom stereocenters. The van der Waals surface area contributed by atoms with Gasteiger partial charge in [-0.05, 0) is 41.9 Å². The summed E-state index contributed by atoms with van der Waals surface area (Å²) in [6.45, 7) is 1.62. The summed E-state index contributed by atoms with van der Waals surface area (Å²) in [6, 6.07) is 11.8. The molecule has 1 N–H and O–H groups in total. The van der Waals surface area contributed by atoms with E-state index in [-0.39, 0.29) is 11.6 Å². The van der Waals surface area contributed by atoms with Gasteiger partial charge in [0.25, 0.3) is 0 Å². The first kappa shape index (κ1) is 16.5. The van der Waals surface area contributed by atoms with Crippen molar-refractivity contribution >= 4 is 23.2 Å². The van der Waals surface area contributed by atoms with Crippen molar-refractivity contribution < 1.29 is 0 Å². The normalized spacial score (nSPS) is 17.5. The lowest BCUT2D eigenvalue weighted by Gasteiger charge is -2.34. The van der Waals surface area contributed by atoms with E-state index < -0.39 is 0 Å². The Morgan fingerprint density at radius 2 is 1.96 bits per heavy atom. The van der Waals surface area contributed by atoms with Crippen molar-refractivity contribution in [2.75, 3.05) is 13.6 Å². The van der Waals surface area contributed by atoms with E-state index >= 15 is 0 Å². The summed E-state index contributed by atoms with van der Waals surface area (Å²) >= 11 is 12.7. The SMILES string of the molecule is CN1Cc2c(Cl)cc(Cl)cc2C(c2ccccc2-n2cc[nH]c2=O)C1. The lowest BCUT2D eigenvalue weighted by atomic mass is 9.84. The van der Waals surface area contributed by atoms with Crippen molar-refractivity contribution in [3.63, 3.8) is 0 Å². The fraction of sp³-hybridized carbons (Fsp3) is 0.211. The predicted octanol–water partition coefficient (Wildman–Crippen LogP) is 4.05. The number of fused-ring (bicyclic) bond motifs is 1. The first-order valence-corrected chi connectivity index (χ1v) is 8.82. The molecule has 1 aliphatic rings. The highest BCUT2D eigenvalue weighted by Gasteiger charge is 2.29. The number of hydrogen-bond acceptors (Lipinski definition) is 2. The molecule has 25 heavy (non-hydrogen) atoms. The molecule has 2 heterocycles. The van der Waals surface area contributed by atoms with E-state index in [1.807, 2.05) is 24.3 Å². The van der Waals surface area contributed by atoms with Crippen LogP contribution in [0.15, 0.2) is 53.6 Å². The lowest BCUT2D eigenvalue weighted by Crippen LogP contribution is -2.32. The Bertz CT molecular complexity index is 992. The van der Waals surface area contributed by atoms with Crippen LogP contribution in [0.2, 0.25) is 10.0 Å². The number of aromatic nitrogens is 2. The third kappa shape index (κ3) is 2.91. The average Bonchev–Trinajstić information content (AvgIpc) is 3.01. The molecule has 0 fully saturated rings. The number of rotatable bonds is 2. The van der Waals surface area contributed by atoms with Gasteiger partial charge in [0, 0.05) is 41.4 Å². The van der Waals surface area contributed by atoms with Gasteiger partial charge in [-0.1, -0.05) is 41.4 Å². The molecule has 0 radical (unpaired) electrons. The molecule has 0 spiro atoms. The number of benzene rings is 2. The van der Waals surface area contributed by atoms with Crippen LogP contribution in [0.25, 0.3) is 5.69 Å². The minimum atomic E-state index is -0.152. The maximum atomic E-state index is 12.1. The maximum Gasteiger partial charge on any atom is 0.330 e. The number of imidazole rings is 1. The van der Waals surface area contributed by atoms with E-state index in [0.29, 0.717) is 10.0 Å². The molecule has 0 amide bonds. The first-order valence-electron chi connectivity index (χ1n) is 8.06. The fourth-order valence-corrected chi connectivity index (χ4v) is 4.19. The quantitative estimate of drug-likeness (QED) is 0.735. The Balaban J connectivity index is 1.93. The summed E-state index contributed by atoms with van der Waals surface area (Å²) < 4.78 is 1.63. The number of H-pyrrole nitrogens is 1. The predicted molar refractivity (Wildman–Crippen MR) is 101 cm³/mol. The minimum absolute atomic E-state index is 0.0861. The summed E-state index contributed by atoms with van der Waals surface area (Å²) in [5, 5.41) is 1.32. The monoisotopic (exact) mass is 373 g/mol. The highest BCUT2D eigenvalue weighted by atomic mass is 35.5. The van der Waals surface area contributed by atoms with Gasteiger partial charge in [-0.2, -0.15) is 0 Å². The van der Waals surface area contributed by atoms with Crippen molar-refractivity contribution in [1.29, 1.82) is 0 Å². The molecule has 1 aliphatic heterocycles. The summed E-state index contributed by atoms with van der Waals surface area (Å²) in [5.41, 5.74) is 4.03. The molecule has 3 aromatic rings. The van der Waals surface area contributed by atoms with Crippen LogP contribution in [0, 0.1) is 0 Å². The number of nitrogens with one attached hydrogen (secondary N) is 1. The smallest absolute Gasteiger partial charge is 0.312 e. The molecular weight excluding hydrogens is 357 g/mol. The Hall–Kier alpha value is -2.01. The number of para-hydroxylation sites is 1. The molecule has 0 saturated heterocycles. The molecule has 0 bridgehead atoms. The molecule has 6 heteroatoms. The standard InChI is InChI=1S/C19H17Cl2N3O/c1-23-10-15(14-8-12(20)9-17(21)16(14)11-23)13-4-2-3-5-18(13)24-7-6-22-19(24)25/h2-9,15H,10-11H2,1H3,(H,22,25). The zero-order valence-corrected chi connectivity index (χ0v) is 15.2. The van der Waals surface area contributed by atoms with Crippen LogP contribution >= 0.6 is 23.2 Å². The van der Waals surface area contributed by atoms with E-state index in [1.165, 1.54) is 0 Å². The number of aromatic amines is 1. The minimum Gasteiger partial charge on any atom is -0.312 e. The zero-order chi connectivity index (χ0) is 17.6. The molecule has 0 saturated carbocycles. The van der Waals surface area contributed by atoms with E-state index in [2.05, 4.69) is 23.0 Å². The van der Waals surface area contributed by atoms with Crippen LogP contribution in [-0.2, 0) is 6.54 Å². The van der Waals surface area contributed by atoms with Gasteiger partial charge in [-0.25, -0.2) is 4.79 Å². The van der Waals surface area contributed by atoms with Crippen LogP contribution in [0.1, 0.15) is 22.6 Å². The van der Waals surface area contributed by atoms with Crippen LogP contribution in [-0.4, -0.2) is 28.0 Å². The second kappa shape index (κ2) is 6.37. The van der Waals surface area contributed by atoms with Gasteiger partial charge in [0.2, 0.25) is 0 Å². The van der Waals surface area contributed by atoms with E-state index in [4.69, 9.17) is 23.2 Å². The maximum absolute atomic E-state index is 12.1. The van der Waals surface area contributed by atoms with Gasteiger partial charge >= 0.3 is 5.69 Å². The highest BCUT2D eigenvalue weighted by molar-refractivity contribution is 6.35. The van der Waals surface area contributed by atoms with Gasteiger partial charge in [-0.3, -0.25) is 4.57 Å². The summed E-state index contributed by atoms with van der Waals surface area (Å²) in [4.78, 5) is 17.1. The molecule has 1 atom stereocenters. The molecule has 0 aliphatic carbocycles. The van der Waals surface area contributed by atoms with E-state index in [1.54, 1.807) is 23.0 Å². The topological polar surface area (TPSA) is 41.0 Å². The van der Waals surface area contributed by atoms with Crippen LogP contribution < -0.4 is 5.69 Å². The number of hydrogen-bond donors (Lipinski definition) is 1. The van der Waals surface area contributed by atoms with Crippen molar-refractivity contribution in [3.05, 3.63) is 86.0 Å². The van der Waals surface area contributed by atoms with Crippen molar-refractivity contribution in [3.8, 4) is 5.69 Å². The highest BCUT2D eigenvalue weighted by Crippen LogP contribution is 2.39. The van der Waals surface area contributed by atoms with Gasteiger partial charge in [0.15, 0.2) is 0 Å². The average molecular weight is 374 g/mol. The van der Waals surface area contributed by atoms with Crippen molar-refractivity contribution in [2.24, 2.45) is 0 Å². The van der Waals surface area contributed by atoms with Gasteiger partial charge in [0.05, 0.1) is 5.69 Å². The van der Waals surface area contributed by atoms with E-state index in [0.717, 1.165) is 35.5 Å². The van der Waals surface area contributed by atoms with Crippen LogP contribution in [0.3, 0.4) is 0 Å². The Morgan fingerprint density at radius 1 is 1.16 bits per heavy atom. The summed E-state index contributed by atoms with van der Waals surface area (Å²) in [7, 11) is 2.08. The van der Waals surface area contributed by atoms with Crippen molar-refractivity contribution in [2.45, 2.75) is 12.5 Å².